The smallest absolute Gasteiger partial charge is 0.316 e. The first-order chi connectivity index (χ1) is 8.00. The molecular formula is C13H16BrFO2. The van der Waals surface area contributed by atoms with E-state index < -0.39 is 5.41 Å². The summed E-state index contributed by atoms with van der Waals surface area (Å²) in [7, 11) is 1.36. The molecule has 17 heavy (non-hydrogen) atoms. The summed E-state index contributed by atoms with van der Waals surface area (Å²) < 4.78 is 18.9. The largest absolute Gasteiger partial charge is 0.468 e. The maximum atomic E-state index is 13.4. The molecule has 0 saturated heterocycles. The highest BCUT2D eigenvalue weighted by Crippen LogP contribution is 2.34. The first-order valence-electron chi connectivity index (χ1n) is 5.55. The van der Waals surface area contributed by atoms with Gasteiger partial charge < -0.3 is 4.74 Å². The molecule has 0 saturated carbocycles. The molecule has 0 N–H and O–H groups in total. The predicted octanol–water partition coefficient (Wildman–Crippen LogP) is 3.82. The van der Waals surface area contributed by atoms with Gasteiger partial charge in [-0.3, -0.25) is 4.79 Å². The third-order valence-corrected chi connectivity index (χ3v) is 3.66. The number of hydrogen-bond acceptors (Lipinski definition) is 2. The average Bonchev–Trinajstić information content (AvgIpc) is 2.29. The van der Waals surface area contributed by atoms with Gasteiger partial charge in [0.15, 0.2) is 0 Å². The molecule has 2 nitrogen and oxygen atoms in total. The van der Waals surface area contributed by atoms with Crippen molar-refractivity contribution in [2.45, 2.75) is 32.1 Å². The Labute approximate surface area is 109 Å². The van der Waals surface area contributed by atoms with Crippen molar-refractivity contribution in [1.82, 2.24) is 0 Å². The lowest BCUT2D eigenvalue weighted by Gasteiger charge is -2.29. The van der Waals surface area contributed by atoms with Crippen molar-refractivity contribution in [3.05, 3.63) is 34.1 Å². The van der Waals surface area contributed by atoms with E-state index in [1.807, 2.05) is 13.8 Å². The second kappa shape index (κ2) is 5.63. The molecule has 0 unspecified atom stereocenters. The molecule has 0 aromatic heterocycles. The molecule has 4 heteroatoms. The second-order valence-corrected chi connectivity index (χ2v) is 4.85. The first kappa shape index (κ1) is 14.2. The average molecular weight is 303 g/mol. The van der Waals surface area contributed by atoms with Crippen molar-refractivity contribution >= 4 is 21.9 Å². The highest BCUT2D eigenvalue weighted by Gasteiger charge is 2.38. The van der Waals surface area contributed by atoms with Crippen molar-refractivity contribution < 1.29 is 13.9 Å². The van der Waals surface area contributed by atoms with Crippen LogP contribution in [0, 0.1) is 5.82 Å². The maximum absolute atomic E-state index is 13.4. The van der Waals surface area contributed by atoms with Crippen molar-refractivity contribution in [3.63, 3.8) is 0 Å². The molecule has 0 heterocycles. The van der Waals surface area contributed by atoms with Gasteiger partial charge in [0.1, 0.15) is 5.82 Å². The van der Waals surface area contributed by atoms with Crippen LogP contribution in [-0.4, -0.2) is 13.1 Å². The molecule has 0 fully saturated rings. The summed E-state index contributed by atoms with van der Waals surface area (Å²) >= 11 is 3.24. The maximum Gasteiger partial charge on any atom is 0.316 e. The van der Waals surface area contributed by atoms with Gasteiger partial charge in [-0.2, -0.15) is 0 Å². The monoisotopic (exact) mass is 302 g/mol. The van der Waals surface area contributed by atoms with E-state index in [1.165, 1.54) is 19.2 Å². The van der Waals surface area contributed by atoms with Gasteiger partial charge in [0.25, 0.3) is 0 Å². The summed E-state index contributed by atoms with van der Waals surface area (Å²) in [5, 5.41) is 0. The van der Waals surface area contributed by atoms with Crippen LogP contribution in [0.2, 0.25) is 0 Å². The zero-order valence-electron chi connectivity index (χ0n) is 10.2. The molecule has 1 aromatic carbocycles. The Morgan fingerprint density at radius 1 is 1.35 bits per heavy atom. The Morgan fingerprint density at radius 3 is 2.35 bits per heavy atom. The third-order valence-electron chi connectivity index (χ3n) is 3.20. The van der Waals surface area contributed by atoms with E-state index in [2.05, 4.69) is 15.9 Å². The van der Waals surface area contributed by atoms with Crippen LogP contribution in [0.15, 0.2) is 22.7 Å². The molecule has 0 aliphatic rings. The Kier molecular flexibility index (Phi) is 4.69. The molecule has 0 radical (unpaired) electrons. The van der Waals surface area contributed by atoms with Gasteiger partial charge in [-0.1, -0.05) is 29.8 Å². The van der Waals surface area contributed by atoms with Crippen LogP contribution in [0.4, 0.5) is 4.39 Å². The van der Waals surface area contributed by atoms with E-state index in [-0.39, 0.29) is 11.8 Å². The molecule has 0 atom stereocenters. The Bertz CT molecular complexity index is 394. The fourth-order valence-electron chi connectivity index (χ4n) is 2.09. The van der Waals surface area contributed by atoms with E-state index >= 15 is 0 Å². The van der Waals surface area contributed by atoms with Gasteiger partial charge in [-0.05, 0) is 36.6 Å². The number of carbonyl (C=O) groups is 1. The van der Waals surface area contributed by atoms with Gasteiger partial charge in [0.2, 0.25) is 0 Å². The SMILES string of the molecule is CCC(CC)(C(=O)OC)c1cc(F)cc(Br)c1. The fraction of sp³-hybridized carbons (Fsp3) is 0.462. The molecule has 1 rings (SSSR count). The van der Waals surface area contributed by atoms with E-state index in [9.17, 15) is 9.18 Å². The van der Waals surface area contributed by atoms with Crippen molar-refractivity contribution in [2.75, 3.05) is 7.11 Å². The van der Waals surface area contributed by atoms with E-state index in [1.54, 1.807) is 6.07 Å². The zero-order valence-corrected chi connectivity index (χ0v) is 11.8. The topological polar surface area (TPSA) is 26.3 Å². The number of hydrogen-bond donors (Lipinski definition) is 0. The lowest BCUT2D eigenvalue weighted by molar-refractivity contribution is -0.148. The van der Waals surface area contributed by atoms with Crippen LogP contribution < -0.4 is 0 Å². The number of benzene rings is 1. The minimum absolute atomic E-state index is 0.319. The second-order valence-electron chi connectivity index (χ2n) is 3.94. The molecule has 0 aliphatic carbocycles. The summed E-state index contributed by atoms with van der Waals surface area (Å²) in [6, 6.07) is 4.54. The Morgan fingerprint density at radius 2 is 1.94 bits per heavy atom. The summed E-state index contributed by atoms with van der Waals surface area (Å²) in [4.78, 5) is 12.0. The minimum atomic E-state index is -0.765. The van der Waals surface area contributed by atoms with E-state index in [4.69, 9.17) is 4.74 Å². The van der Waals surface area contributed by atoms with Crippen molar-refractivity contribution in [2.24, 2.45) is 0 Å². The van der Waals surface area contributed by atoms with E-state index in [0.717, 1.165) is 0 Å². The molecule has 0 aliphatic heterocycles. The Balaban J connectivity index is 3.36. The number of carbonyl (C=O) groups excluding carboxylic acids is 1. The number of methoxy groups -OCH3 is 1. The first-order valence-corrected chi connectivity index (χ1v) is 6.34. The van der Waals surface area contributed by atoms with Crippen LogP contribution in [-0.2, 0) is 14.9 Å². The Hall–Kier alpha value is -0.900. The quantitative estimate of drug-likeness (QED) is 0.790. The standard InChI is InChI=1S/C13H16BrFO2/c1-4-13(5-2,12(16)17-3)9-6-10(14)8-11(15)7-9/h6-8H,4-5H2,1-3H3. The molecule has 0 bridgehead atoms. The molecule has 1 aromatic rings. The van der Waals surface area contributed by atoms with Gasteiger partial charge >= 0.3 is 5.97 Å². The highest BCUT2D eigenvalue weighted by atomic mass is 79.9. The predicted molar refractivity (Wildman–Crippen MR) is 68.4 cm³/mol. The molecule has 0 spiro atoms. The summed E-state index contributed by atoms with van der Waals surface area (Å²) in [6.07, 6.45) is 1.15. The number of esters is 1. The number of rotatable bonds is 4. The van der Waals surface area contributed by atoms with Gasteiger partial charge in [0, 0.05) is 4.47 Å². The third kappa shape index (κ3) is 2.68. The van der Waals surface area contributed by atoms with Crippen molar-refractivity contribution in [3.8, 4) is 0 Å². The molecule has 0 amide bonds. The lowest BCUT2D eigenvalue weighted by atomic mass is 9.76. The van der Waals surface area contributed by atoms with E-state index in [0.29, 0.717) is 22.9 Å². The summed E-state index contributed by atoms with van der Waals surface area (Å²) in [5.74, 6) is -0.676. The van der Waals surface area contributed by atoms with Crippen LogP contribution in [0.5, 0.6) is 0 Å². The summed E-state index contributed by atoms with van der Waals surface area (Å²) in [5.41, 5.74) is -0.111. The van der Waals surface area contributed by atoms with Gasteiger partial charge in [-0.25, -0.2) is 4.39 Å². The van der Waals surface area contributed by atoms with Crippen LogP contribution >= 0.6 is 15.9 Å². The minimum Gasteiger partial charge on any atom is -0.468 e. The van der Waals surface area contributed by atoms with Crippen LogP contribution in [0.1, 0.15) is 32.3 Å². The number of halogens is 2. The van der Waals surface area contributed by atoms with Crippen LogP contribution in [0.3, 0.4) is 0 Å². The van der Waals surface area contributed by atoms with Crippen LogP contribution in [0.25, 0.3) is 0 Å². The summed E-state index contributed by atoms with van der Waals surface area (Å²) in [6.45, 7) is 3.80. The van der Waals surface area contributed by atoms with Gasteiger partial charge in [-0.15, -0.1) is 0 Å². The number of ether oxygens (including phenoxy) is 1. The normalized spacial score (nSPS) is 11.4. The van der Waals surface area contributed by atoms with Crippen molar-refractivity contribution in [1.29, 1.82) is 0 Å². The van der Waals surface area contributed by atoms with Gasteiger partial charge in [0.05, 0.1) is 12.5 Å². The zero-order chi connectivity index (χ0) is 13.1. The fourth-order valence-corrected chi connectivity index (χ4v) is 2.56. The highest BCUT2D eigenvalue weighted by molar-refractivity contribution is 9.10. The molecule has 94 valence electrons. The molecular weight excluding hydrogens is 287 g/mol. The lowest BCUT2D eigenvalue weighted by Crippen LogP contribution is -2.35.